The van der Waals surface area contributed by atoms with E-state index in [1.165, 1.54) is 23.1 Å². The van der Waals surface area contributed by atoms with Gasteiger partial charge in [-0.1, -0.05) is 36.9 Å². The predicted octanol–water partition coefficient (Wildman–Crippen LogP) is 5.20. The van der Waals surface area contributed by atoms with Gasteiger partial charge in [-0.15, -0.1) is 0 Å². The van der Waals surface area contributed by atoms with Gasteiger partial charge in [0.05, 0.1) is 18.1 Å². The highest BCUT2D eigenvalue weighted by Crippen LogP contribution is 2.38. The van der Waals surface area contributed by atoms with Crippen LogP contribution in [0.5, 0.6) is 0 Å². The van der Waals surface area contributed by atoms with Gasteiger partial charge in [0, 0.05) is 66.9 Å². The van der Waals surface area contributed by atoms with E-state index in [1.807, 2.05) is 30.1 Å². The normalized spacial score (nSPS) is 20.8. The van der Waals surface area contributed by atoms with E-state index in [2.05, 4.69) is 54.6 Å². The highest BCUT2D eigenvalue weighted by atomic mass is 79.9. The lowest BCUT2D eigenvalue weighted by Crippen LogP contribution is -2.63. The lowest BCUT2D eigenvalue weighted by molar-refractivity contribution is -0.127. The van der Waals surface area contributed by atoms with Crippen molar-refractivity contribution in [3.05, 3.63) is 80.6 Å². The second-order valence-corrected chi connectivity index (χ2v) is 13.7. The second kappa shape index (κ2) is 14.0. The quantitative estimate of drug-likeness (QED) is 0.335. The van der Waals surface area contributed by atoms with Crippen molar-refractivity contribution in [2.75, 3.05) is 26.2 Å². The first-order valence-electron chi connectivity index (χ1n) is 15.8. The molecule has 0 radical (unpaired) electrons. The van der Waals surface area contributed by atoms with Gasteiger partial charge in [-0.05, 0) is 89.3 Å². The molecule has 1 aromatic carbocycles. The number of fused-ring (bicyclic) bond motifs is 2. The number of aromatic nitrogens is 3. The smallest absolute Gasteiger partial charge is 0.318 e. The lowest BCUT2D eigenvalue weighted by Gasteiger charge is -2.44. The van der Waals surface area contributed by atoms with Crippen molar-refractivity contribution in [3.63, 3.8) is 0 Å². The number of amides is 3. The number of carbonyl (C=O) groups excluding carboxylic acids is 2. The third-order valence-corrected chi connectivity index (χ3v) is 10.1. The van der Waals surface area contributed by atoms with Crippen molar-refractivity contribution in [3.8, 4) is 0 Å². The van der Waals surface area contributed by atoms with E-state index in [4.69, 9.17) is 16.6 Å². The maximum Gasteiger partial charge on any atom is 0.318 e. The number of halogens is 2. The molecule has 3 aliphatic rings. The van der Waals surface area contributed by atoms with E-state index in [-0.39, 0.29) is 24.0 Å². The third-order valence-electron chi connectivity index (χ3n) is 9.39. The molecule has 3 aromatic rings. The van der Waals surface area contributed by atoms with Crippen LogP contribution in [-0.2, 0) is 31.1 Å². The van der Waals surface area contributed by atoms with Crippen molar-refractivity contribution < 1.29 is 9.59 Å². The molecule has 2 fully saturated rings. The Labute approximate surface area is 272 Å². The first kappa shape index (κ1) is 31.0. The Hall–Kier alpha value is -2.95. The number of piperazine rings is 1. The highest BCUT2D eigenvalue weighted by molar-refractivity contribution is 9.10. The summed E-state index contributed by atoms with van der Waals surface area (Å²) in [7, 11) is 1.98. The number of nitrogens with zero attached hydrogens (tertiary/aromatic N) is 5. The molecule has 2 aliphatic carbocycles. The van der Waals surface area contributed by atoms with Gasteiger partial charge < -0.3 is 20.1 Å². The average molecular weight is 683 g/mol. The van der Waals surface area contributed by atoms with Crippen LogP contribution in [0, 0.1) is 0 Å². The van der Waals surface area contributed by atoms with Crippen molar-refractivity contribution in [1.29, 1.82) is 0 Å². The standard InChI is InChI=1S/C33H41BrClN7O2/c1-40-21-36-19-27(40)8-5-13-37-32(43)29-20-41(14-15-42(29)33(44)39-26-6-3-2-4-7-26)31-28-12-11-25(35)17-22(28)9-10-23-16-24(34)18-38-30(23)31/h11-12,16-19,21,26,29,31H,2-10,13-15,20H2,1H3,(H,37,43)(H,39,44)/t29-,31?/m1/s1. The van der Waals surface area contributed by atoms with Crippen LogP contribution in [-0.4, -0.2) is 74.5 Å². The summed E-state index contributed by atoms with van der Waals surface area (Å²) in [4.78, 5) is 40.8. The molecule has 2 aromatic heterocycles. The number of benzene rings is 1. The van der Waals surface area contributed by atoms with Gasteiger partial charge in [0.25, 0.3) is 0 Å². The molecule has 6 rings (SSSR count). The molecule has 0 spiro atoms. The molecular weight excluding hydrogens is 642 g/mol. The minimum atomic E-state index is -0.623. The van der Waals surface area contributed by atoms with E-state index < -0.39 is 6.04 Å². The van der Waals surface area contributed by atoms with Gasteiger partial charge in [0.2, 0.25) is 5.91 Å². The van der Waals surface area contributed by atoms with Crippen LogP contribution in [0.2, 0.25) is 5.02 Å². The maximum atomic E-state index is 13.9. The van der Waals surface area contributed by atoms with Crippen LogP contribution >= 0.6 is 27.5 Å². The van der Waals surface area contributed by atoms with Gasteiger partial charge in [-0.25, -0.2) is 9.78 Å². The zero-order valence-corrected chi connectivity index (χ0v) is 27.6. The molecule has 1 saturated carbocycles. The van der Waals surface area contributed by atoms with Crippen LogP contribution in [0.4, 0.5) is 4.79 Å². The van der Waals surface area contributed by atoms with Crippen LogP contribution in [0.3, 0.4) is 0 Å². The van der Waals surface area contributed by atoms with Gasteiger partial charge in [-0.2, -0.15) is 0 Å². The molecule has 1 saturated heterocycles. The average Bonchev–Trinajstić information content (AvgIpc) is 3.37. The molecular formula is C33H41BrClN7O2. The first-order valence-corrected chi connectivity index (χ1v) is 17.0. The van der Waals surface area contributed by atoms with E-state index in [0.29, 0.717) is 26.2 Å². The molecule has 3 heterocycles. The number of hydrogen-bond acceptors (Lipinski definition) is 5. The van der Waals surface area contributed by atoms with Gasteiger partial charge in [-0.3, -0.25) is 14.7 Å². The largest absolute Gasteiger partial charge is 0.354 e. The van der Waals surface area contributed by atoms with E-state index in [0.717, 1.165) is 72.2 Å². The Bertz CT molecular complexity index is 1440. The summed E-state index contributed by atoms with van der Waals surface area (Å²) in [5.41, 5.74) is 5.68. The minimum Gasteiger partial charge on any atom is -0.354 e. The Kier molecular flexibility index (Phi) is 9.88. The Morgan fingerprint density at radius 3 is 2.68 bits per heavy atom. The fraction of sp³-hybridized carbons (Fsp3) is 0.515. The van der Waals surface area contributed by atoms with Crippen molar-refractivity contribution in [1.82, 2.24) is 35.0 Å². The predicted molar refractivity (Wildman–Crippen MR) is 175 cm³/mol. The van der Waals surface area contributed by atoms with Crippen LogP contribution < -0.4 is 10.6 Å². The number of aryl methyl sites for hydroxylation is 4. The molecule has 44 heavy (non-hydrogen) atoms. The molecule has 1 unspecified atom stereocenters. The van der Waals surface area contributed by atoms with Crippen LogP contribution in [0.25, 0.3) is 0 Å². The number of rotatable bonds is 7. The lowest BCUT2D eigenvalue weighted by atomic mass is 9.95. The fourth-order valence-corrected chi connectivity index (χ4v) is 7.59. The number of hydrogen-bond donors (Lipinski definition) is 2. The SMILES string of the molecule is Cn1cncc1CCCNC(=O)[C@H]1CN(C2c3ccc(Cl)cc3CCc3cc(Br)cnc32)CCN1C(=O)NC1CCCCC1. The molecule has 234 valence electrons. The first-order chi connectivity index (χ1) is 21.4. The Morgan fingerprint density at radius 2 is 1.89 bits per heavy atom. The van der Waals surface area contributed by atoms with Gasteiger partial charge >= 0.3 is 6.03 Å². The highest BCUT2D eigenvalue weighted by Gasteiger charge is 2.40. The number of nitrogens with one attached hydrogen (secondary N) is 2. The molecule has 2 N–H and O–H groups in total. The summed E-state index contributed by atoms with van der Waals surface area (Å²) in [5.74, 6) is -0.118. The monoisotopic (exact) mass is 681 g/mol. The van der Waals surface area contributed by atoms with E-state index in [9.17, 15) is 9.59 Å². The zero-order chi connectivity index (χ0) is 30.6. The van der Waals surface area contributed by atoms with Crippen LogP contribution in [0.1, 0.15) is 72.6 Å². The van der Waals surface area contributed by atoms with Crippen molar-refractivity contribution in [2.24, 2.45) is 7.05 Å². The Morgan fingerprint density at radius 1 is 1.07 bits per heavy atom. The number of pyridine rings is 1. The molecule has 11 heteroatoms. The summed E-state index contributed by atoms with van der Waals surface area (Å²) >= 11 is 10.1. The molecule has 3 amide bonds. The Balaban J connectivity index is 1.25. The summed E-state index contributed by atoms with van der Waals surface area (Å²) in [6.07, 6.45) is 14.3. The van der Waals surface area contributed by atoms with Crippen LogP contribution in [0.15, 0.2) is 47.5 Å². The van der Waals surface area contributed by atoms with E-state index in [1.54, 1.807) is 11.2 Å². The summed E-state index contributed by atoms with van der Waals surface area (Å²) in [5, 5.41) is 7.13. The molecule has 1 aliphatic heterocycles. The van der Waals surface area contributed by atoms with Crippen molar-refractivity contribution in [2.45, 2.75) is 75.9 Å². The molecule has 9 nitrogen and oxygen atoms in total. The number of carbonyl (C=O) groups is 2. The second-order valence-electron chi connectivity index (χ2n) is 12.3. The topological polar surface area (TPSA) is 95.4 Å². The summed E-state index contributed by atoms with van der Waals surface area (Å²) in [6.45, 7) is 2.03. The number of urea groups is 1. The van der Waals surface area contributed by atoms with E-state index >= 15 is 0 Å². The number of imidazole rings is 1. The van der Waals surface area contributed by atoms with Crippen molar-refractivity contribution >= 4 is 39.5 Å². The molecule has 2 atom stereocenters. The zero-order valence-electron chi connectivity index (χ0n) is 25.3. The third kappa shape index (κ3) is 6.97. The van der Waals surface area contributed by atoms with Gasteiger partial charge in [0.15, 0.2) is 0 Å². The minimum absolute atomic E-state index is 0.118. The molecule has 0 bridgehead atoms. The fourth-order valence-electron chi connectivity index (χ4n) is 7.02. The van der Waals surface area contributed by atoms with Gasteiger partial charge in [0.1, 0.15) is 6.04 Å². The maximum absolute atomic E-state index is 13.9. The summed E-state index contributed by atoms with van der Waals surface area (Å²) in [6, 6.07) is 7.54. The summed E-state index contributed by atoms with van der Waals surface area (Å²) < 4.78 is 2.95.